The number of hydrogen-bond donors (Lipinski definition) is 2. The zero-order chi connectivity index (χ0) is 22.5. The number of fused-ring (bicyclic) bond motifs is 1. The Hall–Kier alpha value is -2.81. The lowest BCUT2D eigenvalue weighted by Gasteiger charge is -2.46. The van der Waals surface area contributed by atoms with Gasteiger partial charge in [-0.2, -0.15) is 0 Å². The Morgan fingerprint density at radius 1 is 0.912 bits per heavy atom. The number of benzene rings is 1. The van der Waals surface area contributed by atoms with Gasteiger partial charge in [-0.1, -0.05) is 17.3 Å². The summed E-state index contributed by atoms with van der Waals surface area (Å²) >= 11 is 0. The van der Waals surface area contributed by atoms with Crippen molar-refractivity contribution in [2.24, 2.45) is 0 Å². The first kappa shape index (κ1) is 25.8. The molecule has 180 valence electrons. The molecule has 0 atom stereocenters. The summed E-state index contributed by atoms with van der Waals surface area (Å²) in [5.41, 5.74) is 4.08. The number of nitrogens with one attached hydrogen (secondary N) is 1. The number of piperidine rings is 1. The standard InChI is InChI=1S/C24H27N7O.2ClH/c1-23(2)13-16(14-24(3,4)29-23)31-22-20(27-30-31)12-19(26-28-22)17-9-8-15(11-21(17)32)18-7-5-6-10-25-18;;/h5-12,16,29,32H,13-14H2,1-4H3;2*1H. The molecule has 0 aliphatic carbocycles. The average molecular weight is 502 g/mol. The molecule has 10 heteroatoms. The van der Waals surface area contributed by atoms with Gasteiger partial charge in [-0.15, -0.1) is 40.1 Å². The maximum absolute atomic E-state index is 10.7. The minimum Gasteiger partial charge on any atom is -0.507 e. The average Bonchev–Trinajstić information content (AvgIpc) is 3.15. The van der Waals surface area contributed by atoms with Gasteiger partial charge in [0.2, 0.25) is 5.65 Å². The number of aromatic nitrogens is 6. The van der Waals surface area contributed by atoms with Crippen molar-refractivity contribution in [2.45, 2.75) is 57.7 Å². The SMILES string of the molecule is CC1(C)CC(n2nnc3cc(-c4ccc(-c5ccccn5)cc4O)nnc32)CC(C)(C)N1.Cl.Cl. The van der Waals surface area contributed by atoms with Gasteiger partial charge in [-0.3, -0.25) is 4.98 Å². The summed E-state index contributed by atoms with van der Waals surface area (Å²) in [6.07, 6.45) is 3.58. The van der Waals surface area contributed by atoms with Crippen LogP contribution in [0.15, 0.2) is 48.7 Å². The van der Waals surface area contributed by atoms with E-state index in [1.807, 2.05) is 41.1 Å². The Morgan fingerprint density at radius 2 is 1.65 bits per heavy atom. The van der Waals surface area contributed by atoms with Crippen molar-refractivity contribution in [1.82, 2.24) is 35.5 Å². The monoisotopic (exact) mass is 501 g/mol. The van der Waals surface area contributed by atoms with E-state index >= 15 is 0 Å². The number of phenols is 1. The van der Waals surface area contributed by atoms with Crippen molar-refractivity contribution in [2.75, 3.05) is 0 Å². The van der Waals surface area contributed by atoms with E-state index in [9.17, 15) is 5.11 Å². The largest absolute Gasteiger partial charge is 0.507 e. The molecule has 8 nitrogen and oxygen atoms in total. The van der Waals surface area contributed by atoms with Crippen LogP contribution in [0.1, 0.15) is 46.6 Å². The minimum absolute atomic E-state index is 0. The van der Waals surface area contributed by atoms with Gasteiger partial charge in [0.25, 0.3) is 0 Å². The second-order valence-electron chi connectivity index (χ2n) is 9.87. The normalized spacial score (nSPS) is 17.1. The summed E-state index contributed by atoms with van der Waals surface area (Å²) in [7, 11) is 0. The van der Waals surface area contributed by atoms with Crippen molar-refractivity contribution >= 4 is 36.0 Å². The maximum Gasteiger partial charge on any atom is 0.201 e. The summed E-state index contributed by atoms with van der Waals surface area (Å²) in [6, 6.07) is 13.1. The summed E-state index contributed by atoms with van der Waals surface area (Å²) in [4.78, 5) is 4.34. The number of halogens is 2. The van der Waals surface area contributed by atoms with Crippen LogP contribution in [0.3, 0.4) is 0 Å². The molecule has 1 saturated heterocycles. The number of rotatable bonds is 3. The van der Waals surface area contributed by atoms with Crippen molar-refractivity contribution in [3.63, 3.8) is 0 Å². The Kier molecular flexibility index (Phi) is 7.17. The first-order chi connectivity index (χ1) is 15.2. The molecule has 4 heterocycles. The van der Waals surface area contributed by atoms with Crippen molar-refractivity contribution in [1.29, 1.82) is 0 Å². The molecule has 0 radical (unpaired) electrons. The van der Waals surface area contributed by atoms with E-state index in [0.717, 1.165) is 24.1 Å². The zero-order valence-corrected chi connectivity index (χ0v) is 21.2. The van der Waals surface area contributed by atoms with Crippen LogP contribution in [-0.2, 0) is 0 Å². The quantitative estimate of drug-likeness (QED) is 0.407. The summed E-state index contributed by atoms with van der Waals surface area (Å²) < 4.78 is 1.90. The van der Waals surface area contributed by atoms with Crippen LogP contribution < -0.4 is 5.32 Å². The number of aromatic hydroxyl groups is 1. The molecule has 0 unspecified atom stereocenters. The minimum atomic E-state index is -0.0147. The van der Waals surface area contributed by atoms with Gasteiger partial charge in [-0.25, -0.2) is 4.68 Å². The molecule has 1 fully saturated rings. The molecule has 0 bridgehead atoms. The summed E-state index contributed by atoms with van der Waals surface area (Å²) in [5.74, 6) is 0.121. The fourth-order valence-electron chi connectivity index (χ4n) is 5.01. The highest BCUT2D eigenvalue weighted by Gasteiger charge is 2.39. The number of pyridine rings is 1. The fourth-order valence-corrected chi connectivity index (χ4v) is 5.01. The summed E-state index contributed by atoms with van der Waals surface area (Å²) in [5, 5.41) is 32.0. The maximum atomic E-state index is 10.7. The molecular weight excluding hydrogens is 473 g/mol. The smallest absolute Gasteiger partial charge is 0.201 e. The molecule has 4 aromatic rings. The Balaban J connectivity index is 0.00000162. The van der Waals surface area contributed by atoms with Gasteiger partial charge in [0.05, 0.1) is 17.4 Å². The third-order valence-electron chi connectivity index (χ3n) is 5.97. The second kappa shape index (κ2) is 9.44. The highest BCUT2D eigenvalue weighted by Crippen LogP contribution is 2.37. The molecule has 0 spiro atoms. The van der Waals surface area contributed by atoms with Crippen LogP contribution in [0.5, 0.6) is 5.75 Å². The first-order valence-electron chi connectivity index (χ1n) is 10.8. The van der Waals surface area contributed by atoms with Crippen molar-refractivity contribution in [3.8, 4) is 28.3 Å². The molecule has 0 amide bonds. The molecule has 1 aromatic carbocycles. The van der Waals surface area contributed by atoms with Gasteiger partial charge < -0.3 is 10.4 Å². The van der Waals surface area contributed by atoms with Crippen LogP contribution in [0.2, 0.25) is 0 Å². The summed E-state index contributed by atoms with van der Waals surface area (Å²) in [6.45, 7) is 8.84. The molecule has 34 heavy (non-hydrogen) atoms. The predicted molar refractivity (Wildman–Crippen MR) is 138 cm³/mol. The van der Waals surface area contributed by atoms with Crippen molar-refractivity contribution < 1.29 is 5.11 Å². The second-order valence-corrected chi connectivity index (χ2v) is 9.87. The third kappa shape index (κ3) is 4.99. The van der Waals surface area contributed by atoms with E-state index in [0.29, 0.717) is 22.4 Å². The van der Waals surface area contributed by atoms with Crippen molar-refractivity contribution in [3.05, 3.63) is 48.7 Å². The highest BCUT2D eigenvalue weighted by atomic mass is 35.5. The van der Waals surface area contributed by atoms with Gasteiger partial charge in [-0.05, 0) is 70.9 Å². The van der Waals surface area contributed by atoms with Gasteiger partial charge in [0.15, 0.2) is 0 Å². The zero-order valence-electron chi connectivity index (χ0n) is 19.6. The molecule has 1 aliphatic rings. The van der Waals surface area contributed by atoms with E-state index in [-0.39, 0.29) is 47.7 Å². The number of phenolic OH excluding ortho intramolecular Hbond substituents is 1. The molecule has 5 rings (SSSR count). The van der Waals surface area contributed by atoms with Crippen LogP contribution in [0.4, 0.5) is 0 Å². The van der Waals surface area contributed by atoms with E-state index in [2.05, 4.69) is 58.5 Å². The molecule has 3 aromatic heterocycles. The van der Waals surface area contributed by atoms with E-state index in [1.54, 1.807) is 12.3 Å². The lowest BCUT2D eigenvalue weighted by Crippen LogP contribution is -2.58. The van der Waals surface area contributed by atoms with E-state index in [1.165, 1.54) is 0 Å². The van der Waals surface area contributed by atoms with Crippen LogP contribution >= 0.6 is 24.8 Å². The lowest BCUT2D eigenvalue weighted by molar-refractivity contribution is 0.127. The van der Waals surface area contributed by atoms with Crippen LogP contribution in [0, 0.1) is 0 Å². The molecule has 2 N–H and O–H groups in total. The lowest BCUT2D eigenvalue weighted by atomic mass is 9.80. The number of nitrogens with zero attached hydrogens (tertiary/aromatic N) is 6. The van der Waals surface area contributed by atoms with E-state index in [4.69, 9.17) is 0 Å². The van der Waals surface area contributed by atoms with E-state index < -0.39 is 0 Å². The van der Waals surface area contributed by atoms with Gasteiger partial charge in [0, 0.05) is 28.4 Å². The topological polar surface area (TPSA) is 102 Å². The van der Waals surface area contributed by atoms with Crippen LogP contribution in [0.25, 0.3) is 33.7 Å². The number of hydrogen-bond acceptors (Lipinski definition) is 7. The Labute approximate surface area is 211 Å². The molecule has 1 aliphatic heterocycles. The Morgan fingerprint density at radius 3 is 2.29 bits per heavy atom. The first-order valence-corrected chi connectivity index (χ1v) is 10.8. The Bertz CT molecular complexity index is 1280. The highest BCUT2D eigenvalue weighted by molar-refractivity contribution is 5.85. The third-order valence-corrected chi connectivity index (χ3v) is 5.97. The molecular formula is C24H29Cl2N7O. The fraction of sp³-hybridized carbons (Fsp3) is 0.375. The predicted octanol–water partition coefficient (Wildman–Crippen LogP) is 4.98. The van der Waals surface area contributed by atoms with Crippen LogP contribution in [-0.4, -0.2) is 46.4 Å². The van der Waals surface area contributed by atoms with Gasteiger partial charge >= 0.3 is 0 Å². The molecule has 0 saturated carbocycles. The van der Waals surface area contributed by atoms with Gasteiger partial charge in [0.1, 0.15) is 11.3 Å².